The highest BCUT2D eigenvalue weighted by Crippen LogP contribution is 2.14. The number of benzene rings is 2. The van der Waals surface area contributed by atoms with E-state index in [1.54, 1.807) is 6.20 Å². The van der Waals surface area contributed by atoms with Gasteiger partial charge in [0.1, 0.15) is 12.4 Å². The van der Waals surface area contributed by atoms with Gasteiger partial charge in [-0.05, 0) is 48.4 Å². The lowest BCUT2D eigenvalue weighted by atomic mass is 10.1. The van der Waals surface area contributed by atoms with Crippen LogP contribution in [0.25, 0.3) is 12.2 Å². The zero-order chi connectivity index (χ0) is 15.9. The molecule has 23 heavy (non-hydrogen) atoms. The molecule has 0 amide bonds. The number of hydrogen-bond donors (Lipinski definition) is 0. The van der Waals surface area contributed by atoms with Gasteiger partial charge in [-0.3, -0.25) is 4.98 Å². The Labute approximate surface area is 137 Å². The van der Waals surface area contributed by atoms with E-state index in [9.17, 15) is 0 Å². The van der Waals surface area contributed by atoms with E-state index >= 15 is 0 Å². The molecule has 0 radical (unpaired) electrons. The first-order chi connectivity index (χ1) is 11.3. The van der Waals surface area contributed by atoms with Gasteiger partial charge >= 0.3 is 0 Å². The Morgan fingerprint density at radius 3 is 2.35 bits per heavy atom. The van der Waals surface area contributed by atoms with Crippen LogP contribution < -0.4 is 4.74 Å². The van der Waals surface area contributed by atoms with Crippen molar-refractivity contribution in [2.75, 3.05) is 0 Å². The molecule has 0 unspecified atom stereocenters. The topological polar surface area (TPSA) is 22.1 Å². The van der Waals surface area contributed by atoms with Gasteiger partial charge in [-0.15, -0.1) is 0 Å². The number of hydrogen-bond acceptors (Lipinski definition) is 2. The molecule has 0 N–H and O–H groups in total. The molecule has 0 aliphatic carbocycles. The monoisotopic (exact) mass is 301 g/mol. The summed E-state index contributed by atoms with van der Waals surface area (Å²) in [5, 5.41) is 0. The Bertz CT molecular complexity index is 759. The number of ether oxygens (including phenoxy) is 1. The van der Waals surface area contributed by atoms with E-state index in [1.807, 2.05) is 36.4 Å². The van der Waals surface area contributed by atoms with Gasteiger partial charge in [-0.1, -0.05) is 54.1 Å². The second-order valence-electron chi connectivity index (χ2n) is 5.43. The SMILES string of the molecule is Cc1ccc(OCc2ccc(/C=C/c3ccccn3)cc2)cc1. The highest BCUT2D eigenvalue weighted by atomic mass is 16.5. The molecule has 0 bridgehead atoms. The van der Waals surface area contributed by atoms with Crippen LogP contribution in [0, 0.1) is 6.92 Å². The van der Waals surface area contributed by atoms with Crippen LogP contribution in [0.4, 0.5) is 0 Å². The van der Waals surface area contributed by atoms with Crippen molar-refractivity contribution in [3.8, 4) is 5.75 Å². The molecule has 1 aromatic heterocycles. The largest absolute Gasteiger partial charge is 0.489 e. The molecule has 2 nitrogen and oxygen atoms in total. The molecule has 2 aromatic carbocycles. The fraction of sp³-hybridized carbons (Fsp3) is 0.0952. The van der Waals surface area contributed by atoms with Crippen LogP contribution in [-0.4, -0.2) is 4.98 Å². The molecule has 2 heteroatoms. The zero-order valence-electron chi connectivity index (χ0n) is 13.1. The molecular formula is C21H19NO. The average Bonchev–Trinajstić information content (AvgIpc) is 2.61. The first kappa shape index (κ1) is 15.0. The molecule has 0 spiro atoms. The predicted octanol–water partition coefficient (Wildman–Crippen LogP) is 5.14. The number of aryl methyl sites for hydroxylation is 1. The summed E-state index contributed by atoms with van der Waals surface area (Å²) in [6.45, 7) is 2.65. The summed E-state index contributed by atoms with van der Waals surface area (Å²) in [6.07, 6.45) is 5.87. The van der Waals surface area contributed by atoms with Crippen molar-refractivity contribution in [2.45, 2.75) is 13.5 Å². The molecule has 3 rings (SSSR count). The van der Waals surface area contributed by atoms with Crippen LogP contribution in [0.5, 0.6) is 5.75 Å². The summed E-state index contributed by atoms with van der Waals surface area (Å²) in [5.74, 6) is 0.898. The fourth-order valence-corrected chi connectivity index (χ4v) is 2.18. The first-order valence-corrected chi connectivity index (χ1v) is 7.67. The van der Waals surface area contributed by atoms with Crippen molar-refractivity contribution in [1.82, 2.24) is 4.98 Å². The van der Waals surface area contributed by atoms with Crippen molar-refractivity contribution >= 4 is 12.2 Å². The first-order valence-electron chi connectivity index (χ1n) is 7.67. The number of nitrogens with zero attached hydrogens (tertiary/aromatic N) is 1. The van der Waals surface area contributed by atoms with Crippen LogP contribution in [-0.2, 0) is 6.61 Å². The highest BCUT2D eigenvalue weighted by molar-refractivity contribution is 5.67. The van der Waals surface area contributed by atoms with Gasteiger partial charge in [0.05, 0.1) is 5.69 Å². The van der Waals surface area contributed by atoms with E-state index in [2.05, 4.69) is 54.4 Å². The van der Waals surface area contributed by atoms with E-state index in [4.69, 9.17) is 4.74 Å². The Morgan fingerprint density at radius 1 is 0.870 bits per heavy atom. The van der Waals surface area contributed by atoms with Crippen molar-refractivity contribution in [3.63, 3.8) is 0 Å². The van der Waals surface area contributed by atoms with Crippen molar-refractivity contribution in [3.05, 3.63) is 95.3 Å². The molecule has 0 saturated heterocycles. The maximum Gasteiger partial charge on any atom is 0.119 e. The molecule has 0 aliphatic rings. The Kier molecular flexibility index (Phi) is 4.85. The quantitative estimate of drug-likeness (QED) is 0.651. The summed E-state index contributed by atoms with van der Waals surface area (Å²) < 4.78 is 5.79. The molecular weight excluding hydrogens is 282 g/mol. The van der Waals surface area contributed by atoms with E-state index in [1.165, 1.54) is 5.56 Å². The van der Waals surface area contributed by atoms with E-state index in [-0.39, 0.29) is 0 Å². The third-order valence-electron chi connectivity index (χ3n) is 3.54. The van der Waals surface area contributed by atoms with Gasteiger partial charge in [-0.25, -0.2) is 0 Å². The normalized spacial score (nSPS) is 10.8. The third-order valence-corrected chi connectivity index (χ3v) is 3.54. The van der Waals surface area contributed by atoms with Crippen LogP contribution in [0.3, 0.4) is 0 Å². The van der Waals surface area contributed by atoms with Crippen molar-refractivity contribution in [2.24, 2.45) is 0 Å². The van der Waals surface area contributed by atoms with Crippen molar-refractivity contribution < 1.29 is 4.74 Å². The summed E-state index contributed by atoms with van der Waals surface area (Å²) in [6, 6.07) is 22.4. The molecule has 114 valence electrons. The molecule has 0 atom stereocenters. The third kappa shape index (κ3) is 4.55. The van der Waals surface area contributed by atoms with Crippen LogP contribution >= 0.6 is 0 Å². The van der Waals surface area contributed by atoms with Crippen LogP contribution in [0.1, 0.15) is 22.4 Å². The Morgan fingerprint density at radius 2 is 1.65 bits per heavy atom. The lowest BCUT2D eigenvalue weighted by Crippen LogP contribution is -1.95. The second kappa shape index (κ2) is 7.41. The number of aromatic nitrogens is 1. The van der Waals surface area contributed by atoms with Crippen molar-refractivity contribution in [1.29, 1.82) is 0 Å². The molecule has 1 heterocycles. The Balaban J connectivity index is 1.58. The fourth-order valence-electron chi connectivity index (χ4n) is 2.18. The molecule has 0 fully saturated rings. The van der Waals surface area contributed by atoms with E-state index < -0.39 is 0 Å². The van der Waals surface area contributed by atoms with Gasteiger partial charge < -0.3 is 4.74 Å². The average molecular weight is 301 g/mol. The number of rotatable bonds is 5. The maximum absolute atomic E-state index is 5.79. The minimum absolute atomic E-state index is 0.577. The van der Waals surface area contributed by atoms with Gasteiger partial charge in [0.25, 0.3) is 0 Å². The maximum atomic E-state index is 5.79. The van der Waals surface area contributed by atoms with Gasteiger partial charge in [-0.2, -0.15) is 0 Å². The highest BCUT2D eigenvalue weighted by Gasteiger charge is 1.96. The van der Waals surface area contributed by atoms with Crippen LogP contribution in [0.15, 0.2) is 72.9 Å². The van der Waals surface area contributed by atoms with Gasteiger partial charge in [0.15, 0.2) is 0 Å². The summed E-state index contributed by atoms with van der Waals surface area (Å²) >= 11 is 0. The summed E-state index contributed by atoms with van der Waals surface area (Å²) in [4.78, 5) is 4.27. The smallest absolute Gasteiger partial charge is 0.119 e. The minimum atomic E-state index is 0.577. The lowest BCUT2D eigenvalue weighted by Gasteiger charge is -2.06. The number of pyridine rings is 1. The summed E-state index contributed by atoms with van der Waals surface area (Å²) in [5.41, 5.74) is 4.50. The zero-order valence-corrected chi connectivity index (χ0v) is 13.1. The van der Waals surface area contributed by atoms with Gasteiger partial charge in [0, 0.05) is 6.20 Å². The molecule has 0 aliphatic heterocycles. The Hall–Kier alpha value is -2.87. The molecule has 3 aromatic rings. The minimum Gasteiger partial charge on any atom is -0.489 e. The van der Waals surface area contributed by atoms with Gasteiger partial charge in [0.2, 0.25) is 0 Å². The standard InChI is InChI=1S/C21H19NO/c1-17-5-13-21(14-6-17)23-16-19-9-7-18(8-10-19)11-12-20-4-2-3-15-22-20/h2-15H,16H2,1H3/b12-11+. The lowest BCUT2D eigenvalue weighted by molar-refractivity contribution is 0.306. The van der Waals surface area contributed by atoms with E-state index in [0.717, 1.165) is 22.6 Å². The van der Waals surface area contributed by atoms with E-state index in [0.29, 0.717) is 6.61 Å². The predicted molar refractivity (Wildman–Crippen MR) is 95.1 cm³/mol. The molecule has 0 saturated carbocycles. The summed E-state index contributed by atoms with van der Waals surface area (Å²) in [7, 11) is 0. The second-order valence-corrected chi connectivity index (χ2v) is 5.43. The van der Waals surface area contributed by atoms with Crippen LogP contribution in [0.2, 0.25) is 0 Å².